The Bertz CT molecular complexity index is 1570. The minimum absolute atomic E-state index is 0.267. The first-order chi connectivity index (χ1) is 20.8. The first kappa shape index (κ1) is 30.1. The molecule has 0 amide bonds. The number of nitrogens with zero attached hydrogens (tertiary/aromatic N) is 1. The van der Waals surface area contributed by atoms with Gasteiger partial charge in [0.05, 0.1) is 13.2 Å². The normalized spacial score (nSPS) is 12.8. The molecule has 0 unspecified atom stereocenters. The van der Waals surface area contributed by atoms with Gasteiger partial charge in [-0.3, -0.25) is 4.79 Å². The Hall–Kier alpha value is -4.42. The van der Waals surface area contributed by atoms with Crippen LogP contribution in [0.1, 0.15) is 61.9 Å². The maximum atomic E-state index is 13.3. The summed E-state index contributed by atoms with van der Waals surface area (Å²) in [5.41, 5.74) is 9.77. The molecule has 0 radical (unpaired) electrons. The van der Waals surface area contributed by atoms with Gasteiger partial charge in [0.1, 0.15) is 24.2 Å². The lowest BCUT2D eigenvalue weighted by atomic mass is 9.69. The largest absolute Gasteiger partial charge is 0.490 e. The minimum Gasteiger partial charge on any atom is -0.490 e. The van der Waals surface area contributed by atoms with Crippen molar-refractivity contribution in [1.29, 1.82) is 0 Å². The third-order valence-corrected chi connectivity index (χ3v) is 8.36. The predicted molar refractivity (Wildman–Crippen MR) is 171 cm³/mol. The molecule has 4 aromatic carbocycles. The molecule has 5 rings (SSSR count). The monoisotopic (exact) mass is 577 g/mol. The molecule has 0 aliphatic heterocycles. The number of fused-ring (bicyclic) bond motifs is 3. The molecule has 43 heavy (non-hydrogen) atoms. The average molecular weight is 578 g/mol. The number of methoxy groups -OCH3 is 1. The Morgan fingerprint density at radius 1 is 0.860 bits per heavy atom. The van der Waals surface area contributed by atoms with Crippen LogP contribution in [0.25, 0.3) is 11.1 Å². The molecular weight excluding hydrogens is 538 g/mol. The third-order valence-electron chi connectivity index (χ3n) is 8.36. The highest BCUT2D eigenvalue weighted by molar-refractivity contribution is 5.93. The third kappa shape index (κ3) is 5.80. The summed E-state index contributed by atoms with van der Waals surface area (Å²) in [6, 6.07) is 26.9. The van der Waals surface area contributed by atoms with Gasteiger partial charge in [0.2, 0.25) is 0 Å². The summed E-state index contributed by atoms with van der Waals surface area (Å²) in [4.78, 5) is 26.7. The van der Waals surface area contributed by atoms with Crippen molar-refractivity contribution in [3.63, 3.8) is 0 Å². The lowest BCUT2D eigenvalue weighted by Crippen LogP contribution is -2.33. The van der Waals surface area contributed by atoms with Crippen LogP contribution >= 0.6 is 0 Å². The molecule has 0 saturated heterocycles. The molecule has 0 fully saturated rings. The second kappa shape index (κ2) is 12.8. The summed E-state index contributed by atoms with van der Waals surface area (Å²) < 4.78 is 16.7. The predicted octanol–water partition coefficient (Wildman–Crippen LogP) is 7.16. The van der Waals surface area contributed by atoms with E-state index in [1.807, 2.05) is 36.4 Å². The summed E-state index contributed by atoms with van der Waals surface area (Å²) in [6.07, 6.45) is 1.61. The highest BCUT2D eigenvalue weighted by Crippen LogP contribution is 2.55. The van der Waals surface area contributed by atoms with Crippen molar-refractivity contribution >= 4 is 17.9 Å². The van der Waals surface area contributed by atoms with Crippen LogP contribution in [0.2, 0.25) is 0 Å². The van der Waals surface area contributed by atoms with Crippen LogP contribution in [-0.4, -0.2) is 52.8 Å². The van der Waals surface area contributed by atoms with Gasteiger partial charge in [-0.2, -0.15) is 0 Å². The zero-order valence-electron chi connectivity index (χ0n) is 25.6. The number of aryl methyl sites for hydroxylation is 2. The molecule has 0 heterocycles. The molecule has 0 atom stereocenters. The first-order valence-electron chi connectivity index (χ1n) is 14.7. The molecule has 222 valence electrons. The molecule has 1 aliphatic carbocycles. The molecule has 0 aromatic heterocycles. The second-order valence-electron chi connectivity index (χ2n) is 11.2. The van der Waals surface area contributed by atoms with Crippen LogP contribution in [-0.2, 0) is 14.9 Å². The van der Waals surface area contributed by atoms with E-state index < -0.39 is 11.4 Å². The van der Waals surface area contributed by atoms with E-state index in [2.05, 4.69) is 68.3 Å². The number of carbonyl (C=O) groups excluding carboxylic acids is 2. The van der Waals surface area contributed by atoms with Crippen molar-refractivity contribution in [2.24, 2.45) is 0 Å². The number of carbonyl (C=O) groups is 2. The zero-order valence-corrected chi connectivity index (χ0v) is 25.6. The van der Waals surface area contributed by atoms with Crippen LogP contribution < -0.4 is 9.64 Å². The van der Waals surface area contributed by atoms with Gasteiger partial charge in [-0.25, -0.2) is 4.79 Å². The average Bonchev–Trinajstić information content (AvgIpc) is 3.28. The molecule has 0 spiro atoms. The SMILES string of the molecule is CCOC(=O)c1cc(C2(CCN(C)c3ccc(C=O)cc3)c3cc(C)ccc3-c3ccc(C)cc32)ccc1OCCOC. The first-order valence-corrected chi connectivity index (χ1v) is 14.7. The van der Waals surface area contributed by atoms with Crippen LogP contribution in [0.5, 0.6) is 5.75 Å². The summed E-state index contributed by atoms with van der Waals surface area (Å²) in [5.74, 6) is 0.0694. The summed E-state index contributed by atoms with van der Waals surface area (Å²) >= 11 is 0. The van der Waals surface area contributed by atoms with Crippen molar-refractivity contribution in [2.45, 2.75) is 32.6 Å². The number of rotatable bonds is 12. The van der Waals surface area contributed by atoms with E-state index in [1.165, 1.54) is 33.4 Å². The standard InChI is InChI=1S/C37H39NO5/c1-6-42-36(40)32-23-28(11-16-35(32)43-20-19-41-5)37(17-18-38(4)29-12-9-27(24-39)10-13-29)33-21-25(2)7-14-30(33)31-15-8-26(3)22-34(31)37/h7-16,21-24H,6,17-20H2,1-5H3. The van der Waals surface area contributed by atoms with E-state index in [1.54, 1.807) is 14.0 Å². The summed E-state index contributed by atoms with van der Waals surface area (Å²) in [6.45, 7) is 7.78. The van der Waals surface area contributed by atoms with Crippen LogP contribution in [0, 0.1) is 13.8 Å². The second-order valence-corrected chi connectivity index (χ2v) is 11.2. The summed E-state index contributed by atoms with van der Waals surface area (Å²) in [5, 5.41) is 0. The van der Waals surface area contributed by atoms with E-state index in [0.29, 0.717) is 30.1 Å². The molecular formula is C37H39NO5. The maximum absolute atomic E-state index is 13.3. The van der Waals surface area contributed by atoms with Gasteiger partial charge in [-0.05, 0) is 91.4 Å². The highest BCUT2D eigenvalue weighted by Gasteiger charge is 2.45. The molecule has 4 aromatic rings. The fourth-order valence-corrected chi connectivity index (χ4v) is 6.16. The number of hydrogen-bond donors (Lipinski definition) is 0. The quantitative estimate of drug-likeness (QED) is 0.101. The number of anilines is 1. The Labute approximate surface area is 254 Å². The number of esters is 1. The van der Waals surface area contributed by atoms with Crippen molar-refractivity contribution in [2.75, 3.05) is 45.4 Å². The molecule has 0 bridgehead atoms. The van der Waals surface area contributed by atoms with Crippen LogP contribution in [0.4, 0.5) is 5.69 Å². The van der Waals surface area contributed by atoms with Crippen molar-refractivity contribution in [3.8, 4) is 16.9 Å². The molecule has 0 N–H and O–H groups in total. The Morgan fingerprint density at radius 2 is 1.51 bits per heavy atom. The number of hydrogen-bond acceptors (Lipinski definition) is 6. The van der Waals surface area contributed by atoms with Crippen molar-refractivity contribution in [3.05, 3.63) is 118 Å². The van der Waals surface area contributed by atoms with E-state index in [9.17, 15) is 9.59 Å². The van der Waals surface area contributed by atoms with E-state index >= 15 is 0 Å². The Balaban J connectivity index is 1.69. The van der Waals surface area contributed by atoms with Gasteiger partial charge in [0, 0.05) is 37.4 Å². The zero-order chi connectivity index (χ0) is 30.6. The van der Waals surface area contributed by atoms with E-state index in [0.717, 1.165) is 30.5 Å². The van der Waals surface area contributed by atoms with Gasteiger partial charge in [0.25, 0.3) is 0 Å². The van der Waals surface area contributed by atoms with Crippen LogP contribution in [0.3, 0.4) is 0 Å². The maximum Gasteiger partial charge on any atom is 0.341 e. The Morgan fingerprint density at radius 3 is 2.09 bits per heavy atom. The highest BCUT2D eigenvalue weighted by atomic mass is 16.5. The van der Waals surface area contributed by atoms with Crippen molar-refractivity contribution in [1.82, 2.24) is 0 Å². The topological polar surface area (TPSA) is 65.1 Å². The molecule has 6 nitrogen and oxygen atoms in total. The van der Waals surface area contributed by atoms with Gasteiger partial charge >= 0.3 is 5.97 Å². The molecule has 0 saturated carbocycles. The fourth-order valence-electron chi connectivity index (χ4n) is 6.16. The smallest absolute Gasteiger partial charge is 0.341 e. The summed E-state index contributed by atoms with van der Waals surface area (Å²) in [7, 11) is 3.69. The van der Waals surface area contributed by atoms with E-state index in [-0.39, 0.29) is 6.61 Å². The number of benzene rings is 4. The lowest BCUT2D eigenvalue weighted by molar-refractivity contribution is 0.0519. The van der Waals surface area contributed by atoms with Crippen molar-refractivity contribution < 1.29 is 23.8 Å². The molecule has 1 aliphatic rings. The number of aldehydes is 1. The molecule has 6 heteroatoms. The minimum atomic E-state index is -0.536. The number of ether oxygens (including phenoxy) is 3. The fraction of sp³-hybridized carbons (Fsp3) is 0.297. The van der Waals surface area contributed by atoms with Gasteiger partial charge in [0.15, 0.2) is 0 Å². The van der Waals surface area contributed by atoms with E-state index in [4.69, 9.17) is 14.2 Å². The van der Waals surface area contributed by atoms with Crippen LogP contribution in [0.15, 0.2) is 78.9 Å². The lowest BCUT2D eigenvalue weighted by Gasteiger charge is -2.36. The van der Waals surface area contributed by atoms with Gasteiger partial charge in [-0.15, -0.1) is 0 Å². The van der Waals surface area contributed by atoms with Gasteiger partial charge in [-0.1, -0.05) is 53.6 Å². The Kier molecular flexibility index (Phi) is 8.97. The van der Waals surface area contributed by atoms with Gasteiger partial charge < -0.3 is 19.1 Å².